The molecule has 1 unspecified atom stereocenters. The molecule has 4 rings (SSSR count). The molecule has 0 saturated heterocycles. The van der Waals surface area contributed by atoms with Crippen LogP contribution in [-0.2, 0) is 0 Å². The van der Waals surface area contributed by atoms with Gasteiger partial charge in [0.15, 0.2) is 6.17 Å². The highest BCUT2D eigenvalue weighted by molar-refractivity contribution is 5.94. The number of carbonyl (C=O) groups is 1. The van der Waals surface area contributed by atoms with Gasteiger partial charge in [0.05, 0.1) is 11.1 Å². The lowest BCUT2D eigenvalue weighted by Crippen LogP contribution is -2.34. The maximum atomic E-state index is 12.7. The molecular formula is C20H17N5O. The maximum Gasteiger partial charge on any atom is 0.254 e. The first-order valence-electron chi connectivity index (χ1n) is 8.30. The summed E-state index contributed by atoms with van der Waals surface area (Å²) >= 11 is 0. The molecule has 0 aliphatic carbocycles. The van der Waals surface area contributed by atoms with Crippen molar-refractivity contribution in [3.05, 3.63) is 89.7 Å². The first-order valence-corrected chi connectivity index (χ1v) is 8.30. The largest absolute Gasteiger partial charge is 0.326 e. The molecule has 0 saturated carbocycles. The fourth-order valence-corrected chi connectivity index (χ4v) is 2.82. The lowest BCUT2D eigenvalue weighted by molar-refractivity contribution is 0.0927. The van der Waals surface area contributed by atoms with Crippen molar-refractivity contribution in [1.82, 2.24) is 25.3 Å². The van der Waals surface area contributed by atoms with Gasteiger partial charge in [-0.25, -0.2) is 4.68 Å². The monoisotopic (exact) mass is 343 g/mol. The summed E-state index contributed by atoms with van der Waals surface area (Å²) in [4.78, 5) is 16.7. The van der Waals surface area contributed by atoms with Crippen molar-refractivity contribution in [1.29, 1.82) is 0 Å². The van der Waals surface area contributed by atoms with Crippen LogP contribution in [0.2, 0.25) is 0 Å². The molecule has 0 bridgehead atoms. The van der Waals surface area contributed by atoms with Gasteiger partial charge in [0, 0.05) is 12.4 Å². The Bertz CT molecular complexity index is 1040. The number of hydrogen-bond donors (Lipinski definition) is 1. The van der Waals surface area contributed by atoms with Crippen LogP contribution in [0.15, 0.2) is 73.1 Å². The van der Waals surface area contributed by atoms with Gasteiger partial charge in [0.1, 0.15) is 5.52 Å². The van der Waals surface area contributed by atoms with E-state index in [4.69, 9.17) is 0 Å². The van der Waals surface area contributed by atoms with Crippen LogP contribution in [0.25, 0.3) is 11.0 Å². The Balaban J connectivity index is 1.77. The molecule has 0 spiro atoms. The van der Waals surface area contributed by atoms with Gasteiger partial charge in [-0.15, -0.1) is 5.10 Å². The lowest BCUT2D eigenvalue weighted by Gasteiger charge is -2.20. The highest BCUT2D eigenvalue weighted by Gasteiger charge is 2.21. The van der Waals surface area contributed by atoms with Gasteiger partial charge in [-0.3, -0.25) is 9.78 Å². The van der Waals surface area contributed by atoms with Crippen LogP contribution in [0, 0.1) is 6.92 Å². The van der Waals surface area contributed by atoms with Crippen molar-refractivity contribution in [2.75, 3.05) is 0 Å². The third-order valence-electron chi connectivity index (χ3n) is 4.21. The number of rotatable bonds is 4. The lowest BCUT2D eigenvalue weighted by atomic mass is 10.1. The number of amides is 1. The van der Waals surface area contributed by atoms with Crippen LogP contribution in [0.4, 0.5) is 0 Å². The summed E-state index contributed by atoms with van der Waals surface area (Å²) in [6, 6.07) is 19.1. The Hall–Kier alpha value is -3.54. The minimum atomic E-state index is -0.476. The molecule has 6 heteroatoms. The first-order chi connectivity index (χ1) is 12.7. The smallest absolute Gasteiger partial charge is 0.254 e. The summed E-state index contributed by atoms with van der Waals surface area (Å²) < 4.78 is 1.73. The summed E-state index contributed by atoms with van der Waals surface area (Å²) in [5, 5.41) is 11.5. The Morgan fingerprint density at radius 2 is 1.85 bits per heavy atom. The van der Waals surface area contributed by atoms with E-state index < -0.39 is 6.17 Å². The number of benzene rings is 2. The van der Waals surface area contributed by atoms with Crippen molar-refractivity contribution in [3.63, 3.8) is 0 Å². The zero-order valence-electron chi connectivity index (χ0n) is 14.2. The molecular weight excluding hydrogens is 326 g/mol. The predicted molar refractivity (Wildman–Crippen MR) is 98.5 cm³/mol. The maximum absolute atomic E-state index is 12.7. The average molecular weight is 343 g/mol. The quantitative estimate of drug-likeness (QED) is 0.618. The van der Waals surface area contributed by atoms with Gasteiger partial charge in [0.25, 0.3) is 5.91 Å². The molecule has 0 aliphatic rings. The summed E-state index contributed by atoms with van der Waals surface area (Å²) in [5.41, 5.74) is 4.19. The number of carbonyl (C=O) groups excluding carboxylic acids is 1. The highest BCUT2D eigenvalue weighted by atomic mass is 16.1. The topological polar surface area (TPSA) is 72.7 Å². The summed E-state index contributed by atoms with van der Waals surface area (Å²) in [7, 11) is 0. The van der Waals surface area contributed by atoms with Crippen molar-refractivity contribution in [2.24, 2.45) is 0 Å². The number of aromatic nitrogens is 4. The number of para-hydroxylation sites is 1. The third kappa shape index (κ3) is 3.04. The molecule has 0 radical (unpaired) electrons. The van der Waals surface area contributed by atoms with Crippen molar-refractivity contribution in [2.45, 2.75) is 13.1 Å². The number of aryl methyl sites for hydroxylation is 1. The van der Waals surface area contributed by atoms with Crippen LogP contribution in [0.1, 0.15) is 27.7 Å². The van der Waals surface area contributed by atoms with Gasteiger partial charge in [-0.2, -0.15) is 0 Å². The summed E-state index contributed by atoms with van der Waals surface area (Å²) in [6.45, 7) is 2.03. The molecule has 0 fully saturated rings. The van der Waals surface area contributed by atoms with Crippen LogP contribution in [0.3, 0.4) is 0 Å². The number of fused-ring (bicyclic) bond motifs is 1. The average Bonchev–Trinajstić information content (AvgIpc) is 3.11. The normalized spacial score (nSPS) is 12.0. The number of hydrogen-bond acceptors (Lipinski definition) is 4. The second kappa shape index (κ2) is 6.76. The minimum Gasteiger partial charge on any atom is -0.326 e. The van der Waals surface area contributed by atoms with Crippen molar-refractivity contribution in [3.8, 4) is 0 Å². The van der Waals surface area contributed by atoms with E-state index in [2.05, 4.69) is 20.6 Å². The predicted octanol–water partition coefficient (Wildman–Crippen LogP) is 3.11. The van der Waals surface area contributed by atoms with Crippen molar-refractivity contribution < 1.29 is 4.79 Å². The van der Waals surface area contributed by atoms with Crippen LogP contribution in [0.5, 0.6) is 0 Å². The van der Waals surface area contributed by atoms with Gasteiger partial charge in [0.2, 0.25) is 0 Å². The standard InChI is InChI=1S/C20H17N5O/c1-14-8-10-15(11-9-14)19(22-20(26)16-5-4-12-21-13-16)25-18-7-3-2-6-17(18)23-24-25/h2-13,19H,1H3,(H,22,26). The molecule has 0 aliphatic heterocycles. The van der Waals surface area contributed by atoms with Crippen LogP contribution in [-0.4, -0.2) is 25.9 Å². The molecule has 1 N–H and O–H groups in total. The Morgan fingerprint density at radius 3 is 2.62 bits per heavy atom. The molecule has 2 aromatic heterocycles. The second-order valence-corrected chi connectivity index (χ2v) is 6.05. The molecule has 1 amide bonds. The van der Waals surface area contributed by atoms with Crippen LogP contribution >= 0.6 is 0 Å². The zero-order valence-corrected chi connectivity index (χ0v) is 14.2. The third-order valence-corrected chi connectivity index (χ3v) is 4.21. The summed E-state index contributed by atoms with van der Waals surface area (Å²) in [6.07, 6.45) is 2.70. The van der Waals surface area contributed by atoms with Crippen LogP contribution < -0.4 is 5.32 Å². The van der Waals surface area contributed by atoms with Gasteiger partial charge in [-0.1, -0.05) is 47.2 Å². The van der Waals surface area contributed by atoms with E-state index >= 15 is 0 Å². The molecule has 26 heavy (non-hydrogen) atoms. The highest BCUT2D eigenvalue weighted by Crippen LogP contribution is 2.21. The van der Waals surface area contributed by atoms with E-state index in [0.29, 0.717) is 5.56 Å². The van der Waals surface area contributed by atoms with E-state index in [0.717, 1.165) is 22.2 Å². The van der Waals surface area contributed by atoms with Crippen molar-refractivity contribution >= 4 is 16.9 Å². The molecule has 128 valence electrons. The van der Waals surface area contributed by atoms with E-state index in [1.54, 1.807) is 29.2 Å². The molecule has 4 aromatic rings. The van der Waals surface area contributed by atoms with Gasteiger partial charge in [-0.05, 0) is 36.8 Å². The fourth-order valence-electron chi connectivity index (χ4n) is 2.82. The molecule has 6 nitrogen and oxygen atoms in total. The van der Waals surface area contributed by atoms with E-state index in [-0.39, 0.29) is 5.91 Å². The number of pyridine rings is 1. The van der Waals surface area contributed by atoms with E-state index in [1.165, 1.54) is 0 Å². The first kappa shape index (κ1) is 16.0. The minimum absolute atomic E-state index is 0.219. The molecule has 2 heterocycles. The molecule has 2 aromatic carbocycles. The Morgan fingerprint density at radius 1 is 1.04 bits per heavy atom. The number of nitrogens with zero attached hydrogens (tertiary/aromatic N) is 4. The second-order valence-electron chi connectivity index (χ2n) is 6.05. The van der Waals surface area contributed by atoms with E-state index in [9.17, 15) is 4.79 Å². The SMILES string of the molecule is Cc1ccc(C(NC(=O)c2cccnc2)n2nnc3ccccc32)cc1. The van der Waals surface area contributed by atoms with Gasteiger partial charge >= 0.3 is 0 Å². The van der Waals surface area contributed by atoms with E-state index in [1.807, 2.05) is 55.5 Å². The fraction of sp³-hybridized carbons (Fsp3) is 0.100. The Labute approximate surface area is 150 Å². The van der Waals surface area contributed by atoms with Gasteiger partial charge < -0.3 is 5.32 Å². The zero-order chi connectivity index (χ0) is 17.9. The molecule has 1 atom stereocenters. The number of nitrogens with one attached hydrogen (secondary N) is 1. The summed E-state index contributed by atoms with van der Waals surface area (Å²) in [5.74, 6) is -0.219. The Kier molecular flexibility index (Phi) is 4.15.